The summed E-state index contributed by atoms with van der Waals surface area (Å²) in [5.74, 6) is 1.89. The van der Waals surface area contributed by atoms with Gasteiger partial charge in [-0.15, -0.1) is 11.3 Å². The van der Waals surface area contributed by atoms with E-state index >= 15 is 0 Å². The molecular formula is C23H34ClN5O2S. The molecule has 3 aliphatic rings. The van der Waals surface area contributed by atoms with Crippen LogP contribution in [0.3, 0.4) is 0 Å². The fourth-order valence-corrected chi connectivity index (χ4v) is 6.26. The molecule has 4 heterocycles. The van der Waals surface area contributed by atoms with Crippen LogP contribution in [0.5, 0.6) is 0 Å². The first-order valence-corrected chi connectivity index (χ1v) is 13.1. The van der Waals surface area contributed by atoms with Crippen molar-refractivity contribution in [2.24, 2.45) is 5.92 Å². The average Bonchev–Trinajstić information content (AvgIpc) is 3.55. The highest BCUT2D eigenvalue weighted by Crippen LogP contribution is 2.35. The maximum absolute atomic E-state index is 6.27. The summed E-state index contributed by atoms with van der Waals surface area (Å²) in [6, 6.07) is 2.91. The number of rotatable bonds is 9. The second kappa shape index (κ2) is 10.5. The first-order valence-electron chi connectivity index (χ1n) is 11.9. The SMILES string of the molecule is COCCN(CC1CC1)C1CCN(Cc2cc3nc(Cl)nc(N4CCOCC4)c3s2)CC1. The number of nitrogens with zero attached hydrogens (tertiary/aromatic N) is 5. The minimum absolute atomic E-state index is 0.330. The van der Waals surface area contributed by atoms with Crippen molar-refractivity contribution in [1.29, 1.82) is 0 Å². The summed E-state index contributed by atoms with van der Waals surface area (Å²) >= 11 is 8.09. The standard InChI is InChI=1S/C23H34ClN5O2S/c1-30-11-8-29(15-17-2-3-17)18-4-6-27(7-5-18)16-19-14-20-21(32-19)22(26-23(24)25-20)28-9-12-31-13-10-28/h14,17-18H,2-13,15-16H2,1H3. The Kier molecular flexibility index (Phi) is 7.46. The molecule has 7 nitrogen and oxygen atoms in total. The zero-order valence-electron chi connectivity index (χ0n) is 19.0. The molecule has 0 N–H and O–H groups in total. The van der Waals surface area contributed by atoms with Gasteiger partial charge >= 0.3 is 0 Å². The molecule has 1 aliphatic carbocycles. The molecule has 2 aromatic heterocycles. The van der Waals surface area contributed by atoms with Crippen LogP contribution >= 0.6 is 22.9 Å². The van der Waals surface area contributed by atoms with E-state index in [4.69, 9.17) is 21.1 Å². The Morgan fingerprint density at radius 1 is 1.16 bits per heavy atom. The Hall–Kier alpha value is -1.03. The molecule has 9 heteroatoms. The Morgan fingerprint density at radius 3 is 2.66 bits per heavy atom. The lowest BCUT2D eigenvalue weighted by Crippen LogP contribution is -2.46. The summed E-state index contributed by atoms with van der Waals surface area (Å²) in [6.07, 6.45) is 5.30. The van der Waals surface area contributed by atoms with Crippen LogP contribution < -0.4 is 4.90 Å². The van der Waals surface area contributed by atoms with Crippen LogP contribution in [0.25, 0.3) is 10.2 Å². The fourth-order valence-electron chi connectivity index (χ4n) is 4.93. The van der Waals surface area contributed by atoms with Crippen molar-refractivity contribution >= 4 is 39.0 Å². The fraction of sp³-hybridized carbons (Fsp3) is 0.739. The summed E-state index contributed by atoms with van der Waals surface area (Å²) in [5, 5.41) is 0.330. The van der Waals surface area contributed by atoms with Gasteiger partial charge in [0.1, 0.15) is 0 Å². The lowest BCUT2D eigenvalue weighted by atomic mass is 10.0. The van der Waals surface area contributed by atoms with Crippen LogP contribution in [0.15, 0.2) is 6.07 Å². The van der Waals surface area contributed by atoms with Crippen LogP contribution in [0.4, 0.5) is 5.82 Å². The van der Waals surface area contributed by atoms with Crippen LogP contribution in [0.1, 0.15) is 30.6 Å². The minimum Gasteiger partial charge on any atom is -0.383 e. The monoisotopic (exact) mass is 479 g/mol. The van der Waals surface area contributed by atoms with Gasteiger partial charge in [-0.1, -0.05) is 0 Å². The van der Waals surface area contributed by atoms with E-state index in [1.807, 2.05) is 18.4 Å². The minimum atomic E-state index is 0.330. The van der Waals surface area contributed by atoms with Gasteiger partial charge in [0.25, 0.3) is 0 Å². The van der Waals surface area contributed by atoms with Crippen molar-refractivity contribution in [3.05, 3.63) is 16.2 Å². The van der Waals surface area contributed by atoms with Crippen molar-refractivity contribution < 1.29 is 9.47 Å². The molecule has 0 amide bonds. The second-order valence-electron chi connectivity index (χ2n) is 9.28. The first-order chi connectivity index (χ1) is 15.7. The quantitative estimate of drug-likeness (QED) is 0.510. The van der Waals surface area contributed by atoms with E-state index in [2.05, 4.69) is 30.7 Å². The van der Waals surface area contributed by atoms with Gasteiger partial charge in [0, 0.05) is 63.8 Å². The largest absolute Gasteiger partial charge is 0.383 e. The molecule has 5 rings (SSSR count). The molecule has 0 spiro atoms. The Balaban J connectivity index is 1.22. The number of methoxy groups -OCH3 is 1. The maximum Gasteiger partial charge on any atom is 0.224 e. The van der Waals surface area contributed by atoms with Gasteiger partial charge in [-0.3, -0.25) is 9.80 Å². The average molecular weight is 480 g/mol. The highest BCUT2D eigenvalue weighted by molar-refractivity contribution is 7.19. The molecule has 0 aromatic carbocycles. The van der Waals surface area contributed by atoms with Gasteiger partial charge in [-0.25, -0.2) is 4.98 Å². The van der Waals surface area contributed by atoms with Gasteiger partial charge in [-0.2, -0.15) is 4.98 Å². The van der Waals surface area contributed by atoms with E-state index in [-0.39, 0.29) is 0 Å². The molecule has 0 bridgehead atoms. The number of aromatic nitrogens is 2. The number of halogens is 1. The number of thiophene rings is 1. The zero-order valence-corrected chi connectivity index (χ0v) is 20.5. The highest BCUT2D eigenvalue weighted by Gasteiger charge is 2.30. The van der Waals surface area contributed by atoms with Crippen molar-refractivity contribution in [1.82, 2.24) is 19.8 Å². The van der Waals surface area contributed by atoms with E-state index in [1.54, 1.807) is 0 Å². The molecule has 2 aromatic rings. The first kappa shape index (κ1) is 22.7. The number of hydrogen-bond donors (Lipinski definition) is 0. The lowest BCUT2D eigenvalue weighted by Gasteiger charge is -2.38. The number of piperidine rings is 1. The molecule has 2 aliphatic heterocycles. The topological polar surface area (TPSA) is 54.0 Å². The summed E-state index contributed by atoms with van der Waals surface area (Å²) in [7, 11) is 1.81. The molecule has 0 radical (unpaired) electrons. The molecule has 3 fully saturated rings. The molecule has 0 unspecified atom stereocenters. The van der Waals surface area contributed by atoms with Gasteiger partial charge in [0.2, 0.25) is 5.28 Å². The molecule has 32 heavy (non-hydrogen) atoms. The van der Waals surface area contributed by atoms with E-state index in [9.17, 15) is 0 Å². The third kappa shape index (κ3) is 5.54. The molecule has 176 valence electrons. The normalized spacial score (nSPS) is 21.2. The van der Waals surface area contributed by atoms with E-state index in [0.29, 0.717) is 11.3 Å². The van der Waals surface area contributed by atoms with Crippen LogP contribution in [0.2, 0.25) is 5.28 Å². The summed E-state index contributed by atoms with van der Waals surface area (Å²) in [5.41, 5.74) is 0.969. The highest BCUT2D eigenvalue weighted by atomic mass is 35.5. The van der Waals surface area contributed by atoms with Crippen molar-refractivity contribution in [3.8, 4) is 0 Å². The summed E-state index contributed by atoms with van der Waals surface area (Å²) in [4.78, 5) is 18.0. The van der Waals surface area contributed by atoms with Gasteiger partial charge in [0.15, 0.2) is 5.82 Å². The third-order valence-corrected chi connectivity index (χ3v) is 8.19. The zero-order chi connectivity index (χ0) is 21.9. The maximum atomic E-state index is 6.27. The number of hydrogen-bond acceptors (Lipinski definition) is 8. The predicted molar refractivity (Wildman–Crippen MR) is 130 cm³/mol. The third-order valence-electron chi connectivity index (χ3n) is 6.91. The van der Waals surface area contributed by atoms with E-state index < -0.39 is 0 Å². The van der Waals surface area contributed by atoms with Crippen LogP contribution in [-0.2, 0) is 16.0 Å². The smallest absolute Gasteiger partial charge is 0.224 e. The van der Waals surface area contributed by atoms with Crippen molar-refractivity contribution in [2.75, 3.05) is 71.1 Å². The number of ether oxygens (including phenoxy) is 2. The molecule has 0 atom stereocenters. The van der Waals surface area contributed by atoms with E-state index in [0.717, 1.165) is 81.0 Å². The Labute approximate surface area is 199 Å². The molecule has 2 saturated heterocycles. The predicted octanol–water partition coefficient (Wildman–Crippen LogP) is 3.50. The Morgan fingerprint density at radius 2 is 1.94 bits per heavy atom. The van der Waals surface area contributed by atoms with Crippen molar-refractivity contribution in [3.63, 3.8) is 0 Å². The summed E-state index contributed by atoms with van der Waals surface area (Å²) in [6.45, 7) is 9.61. The van der Waals surface area contributed by atoms with Gasteiger partial charge < -0.3 is 14.4 Å². The van der Waals surface area contributed by atoms with Crippen LogP contribution in [0, 0.1) is 5.92 Å². The lowest BCUT2D eigenvalue weighted by molar-refractivity contribution is 0.0738. The van der Waals surface area contributed by atoms with E-state index in [1.165, 1.54) is 37.1 Å². The number of morpholine rings is 1. The second-order valence-corrected chi connectivity index (χ2v) is 10.8. The van der Waals surface area contributed by atoms with Crippen molar-refractivity contribution in [2.45, 2.75) is 38.3 Å². The molecule has 1 saturated carbocycles. The number of fused-ring (bicyclic) bond motifs is 1. The van der Waals surface area contributed by atoms with Gasteiger partial charge in [-0.05, 0) is 49.3 Å². The van der Waals surface area contributed by atoms with Gasteiger partial charge in [0.05, 0.1) is 30.0 Å². The molecular weight excluding hydrogens is 446 g/mol. The summed E-state index contributed by atoms with van der Waals surface area (Å²) < 4.78 is 12.0. The van der Waals surface area contributed by atoms with Crippen LogP contribution in [-0.4, -0.2) is 92.0 Å². The number of anilines is 1. The Bertz CT molecular complexity index is 894. The number of likely N-dealkylation sites (tertiary alicyclic amines) is 1.